The van der Waals surface area contributed by atoms with Crippen LogP contribution in [0.2, 0.25) is 0 Å². The monoisotopic (exact) mass is 686 g/mol. The zero-order valence-corrected chi connectivity index (χ0v) is 26.2. The van der Waals surface area contributed by atoms with E-state index < -0.39 is 61.7 Å². The molecule has 38 heavy (non-hydrogen) atoms. The van der Waals surface area contributed by atoms with E-state index in [-0.39, 0.29) is 14.9 Å². The Morgan fingerprint density at radius 2 is 0.632 bits per heavy atom. The van der Waals surface area contributed by atoms with Crippen molar-refractivity contribution in [2.24, 2.45) is 0 Å². The number of phosphoric acid groups is 3. The molecule has 3 atom stereocenters. The first-order valence-corrected chi connectivity index (χ1v) is 18.5. The average molecular weight is 686 g/mol. The summed E-state index contributed by atoms with van der Waals surface area (Å²) >= 11 is 0. The normalized spacial score (nSPS) is 17.8. The highest BCUT2D eigenvalue weighted by Crippen LogP contribution is 2.69. The standard InChI is InChI=1S/C4H13O9P3.C4H12O6P2.C4H11O3P.2CH4/c1-4(2,3)14(5,6)12-16(10,11)13-15(7,8)9;1-4(2,3)11(5,6)10-12(7,8)9;1-4(2,3)8(5,6)7;;/h1-3H3,(H,5,6)(H,10,11)(H2,7,8,9);1-3H3,(H,5,6)(H2,7,8,9);1-3H3,(H2,5,6,7);2*1H4. The van der Waals surface area contributed by atoms with Gasteiger partial charge in [-0.25, -0.2) is 22.3 Å². The summed E-state index contributed by atoms with van der Waals surface area (Å²) in [6.07, 6.45) is 0. The molecule has 238 valence electrons. The van der Waals surface area contributed by atoms with Gasteiger partial charge in [-0.2, -0.15) is 4.31 Å². The minimum Gasteiger partial charge on any atom is -0.324 e. The zero-order chi connectivity index (χ0) is 30.6. The molecule has 0 radical (unpaired) electrons. The van der Waals surface area contributed by atoms with Crippen LogP contribution in [-0.4, -0.2) is 59.5 Å². The molecule has 0 aromatic heterocycles. The van der Waals surface area contributed by atoms with Crippen molar-refractivity contribution in [1.29, 1.82) is 0 Å². The highest BCUT2D eigenvalue weighted by Gasteiger charge is 2.46. The topological polar surface area (TPSA) is 312 Å². The maximum atomic E-state index is 11.4. The number of hydrogen-bond donors (Lipinski definition) is 9. The fourth-order valence-corrected chi connectivity index (χ4v) is 6.37. The highest BCUT2D eigenvalue weighted by molar-refractivity contribution is 7.68. The molecule has 0 spiro atoms. The Hall–Kier alpha value is 0.900. The molecule has 0 aliphatic heterocycles. The maximum Gasteiger partial charge on any atom is 0.488 e. The molecule has 0 aliphatic rings. The minimum absolute atomic E-state index is 0. The summed E-state index contributed by atoms with van der Waals surface area (Å²) in [5.74, 6) is 0. The molecular formula is C14H44O18P6. The average Bonchev–Trinajstić information content (AvgIpc) is 2.36. The Balaban J connectivity index is -0.000000147. The second-order valence-corrected chi connectivity index (χ2v) is 21.8. The van der Waals surface area contributed by atoms with Crippen molar-refractivity contribution in [2.45, 2.75) is 92.6 Å². The summed E-state index contributed by atoms with van der Waals surface area (Å²) < 4.78 is 75.3. The van der Waals surface area contributed by atoms with Crippen molar-refractivity contribution in [3.8, 4) is 0 Å². The molecule has 3 unspecified atom stereocenters. The van der Waals surface area contributed by atoms with Gasteiger partial charge in [-0.15, -0.1) is 0 Å². The Bertz CT molecular complexity index is 1000. The SMILES string of the molecule is C.C.CC(C)(C)P(=O)(O)O.CC(C)(C)P(=O)(O)OP(=O)(O)O.CC(C)(C)P(=O)(O)OP(=O)(O)OP(=O)(O)O. The van der Waals surface area contributed by atoms with Gasteiger partial charge in [-0.1, -0.05) is 14.9 Å². The van der Waals surface area contributed by atoms with E-state index in [1.807, 2.05) is 0 Å². The number of rotatable bonds is 6. The van der Waals surface area contributed by atoms with E-state index in [4.69, 9.17) is 39.1 Å². The molecule has 0 saturated carbocycles. The second kappa shape index (κ2) is 15.4. The van der Waals surface area contributed by atoms with E-state index in [0.717, 1.165) is 0 Å². The quantitative estimate of drug-likeness (QED) is 0.173. The third-order valence-electron chi connectivity index (χ3n) is 3.21. The van der Waals surface area contributed by atoms with Crippen LogP contribution in [0, 0.1) is 0 Å². The lowest BCUT2D eigenvalue weighted by atomic mass is 10.3. The van der Waals surface area contributed by atoms with E-state index in [1.165, 1.54) is 62.3 Å². The Morgan fingerprint density at radius 3 is 0.763 bits per heavy atom. The first kappa shape index (κ1) is 48.6. The lowest BCUT2D eigenvalue weighted by molar-refractivity contribution is 0.218. The van der Waals surface area contributed by atoms with Gasteiger partial charge < -0.3 is 44.0 Å². The molecule has 0 rings (SSSR count). The lowest BCUT2D eigenvalue weighted by Crippen LogP contribution is -2.15. The molecule has 0 saturated heterocycles. The predicted octanol–water partition coefficient (Wildman–Crippen LogP) is 4.51. The van der Waals surface area contributed by atoms with Gasteiger partial charge in [-0.05, 0) is 62.3 Å². The summed E-state index contributed by atoms with van der Waals surface area (Å²) in [6, 6.07) is 0. The fraction of sp³-hybridized carbons (Fsp3) is 1.00. The van der Waals surface area contributed by atoms with Crippen LogP contribution in [0.25, 0.3) is 0 Å². The third-order valence-corrected chi connectivity index (χ3v) is 13.5. The molecule has 0 bridgehead atoms. The molecule has 0 aliphatic carbocycles. The molecular weight excluding hydrogens is 642 g/mol. The maximum absolute atomic E-state index is 11.4. The van der Waals surface area contributed by atoms with Crippen molar-refractivity contribution in [2.75, 3.05) is 0 Å². The lowest BCUT2D eigenvalue weighted by Gasteiger charge is -2.26. The van der Waals surface area contributed by atoms with E-state index >= 15 is 0 Å². The van der Waals surface area contributed by atoms with Crippen LogP contribution < -0.4 is 0 Å². The minimum atomic E-state index is -5.31. The van der Waals surface area contributed by atoms with Gasteiger partial charge in [0.15, 0.2) is 0 Å². The van der Waals surface area contributed by atoms with E-state index in [9.17, 15) is 32.3 Å². The van der Waals surface area contributed by atoms with Gasteiger partial charge in [0, 0.05) is 0 Å². The van der Waals surface area contributed by atoms with Crippen LogP contribution in [0.3, 0.4) is 0 Å². The third kappa shape index (κ3) is 22.6. The van der Waals surface area contributed by atoms with E-state index in [1.54, 1.807) is 0 Å². The molecule has 0 amide bonds. The van der Waals surface area contributed by atoms with Crippen LogP contribution in [0.15, 0.2) is 0 Å². The van der Waals surface area contributed by atoms with Gasteiger partial charge in [0.1, 0.15) is 0 Å². The largest absolute Gasteiger partial charge is 0.488 e. The second-order valence-electron chi connectivity index (χ2n) is 9.79. The molecule has 0 aromatic rings. The number of hydrogen-bond acceptors (Lipinski definition) is 9. The van der Waals surface area contributed by atoms with Crippen molar-refractivity contribution >= 4 is 46.3 Å². The fourth-order valence-electron chi connectivity index (χ4n) is 0.678. The van der Waals surface area contributed by atoms with Crippen molar-refractivity contribution in [3.63, 3.8) is 0 Å². The summed E-state index contributed by atoms with van der Waals surface area (Å²) in [7, 11) is -28.2. The predicted molar refractivity (Wildman–Crippen MR) is 142 cm³/mol. The first-order valence-electron chi connectivity index (χ1n) is 9.16. The van der Waals surface area contributed by atoms with Gasteiger partial charge in [0.25, 0.3) is 0 Å². The Kier molecular flexibility index (Phi) is 19.7. The van der Waals surface area contributed by atoms with Crippen LogP contribution in [0.4, 0.5) is 0 Å². The van der Waals surface area contributed by atoms with E-state index in [0.29, 0.717) is 0 Å². The van der Waals surface area contributed by atoms with Crippen LogP contribution >= 0.6 is 46.3 Å². The Morgan fingerprint density at radius 1 is 0.421 bits per heavy atom. The van der Waals surface area contributed by atoms with Gasteiger partial charge in [-0.3, -0.25) is 13.7 Å². The highest BCUT2D eigenvalue weighted by atomic mass is 31.3. The van der Waals surface area contributed by atoms with Crippen molar-refractivity contribution in [1.82, 2.24) is 0 Å². The summed E-state index contributed by atoms with van der Waals surface area (Å²) in [5.41, 5.74) is 0. The molecule has 0 aromatic carbocycles. The molecule has 24 heteroatoms. The van der Waals surface area contributed by atoms with Gasteiger partial charge >= 0.3 is 46.3 Å². The smallest absolute Gasteiger partial charge is 0.324 e. The van der Waals surface area contributed by atoms with Crippen LogP contribution in [0.5, 0.6) is 0 Å². The summed E-state index contributed by atoms with van der Waals surface area (Å²) in [6.45, 7) is 12.3. The molecule has 0 fully saturated rings. The van der Waals surface area contributed by atoms with Crippen molar-refractivity contribution in [3.05, 3.63) is 0 Å². The van der Waals surface area contributed by atoms with Crippen LogP contribution in [0.1, 0.15) is 77.2 Å². The zero-order valence-electron chi connectivity index (χ0n) is 20.9. The summed E-state index contributed by atoms with van der Waals surface area (Å²) in [4.78, 5) is 77.1. The molecule has 0 heterocycles. The Labute approximate surface area is 223 Å². The van der Waals surface area contributed by atoms with Crippen LogP contribution in [-0.2, 0) is 40.3 Å². The van der Waals surface area contributed by atoms with E-state index in [2.05, 4.69) is 12.9 Å². The van der Waals surface area contributed by atoms with Gasteiger partial charge in [0.05, 0.1) is 15.5 Å². The van der Waals surface area contributed by atoms with Crippen molar-refractivity contribution < 1.29 is 84.4 Å². The first-order chi connectivity index (χ1) is 14.9. The summed E-state index contributed by atoms with van der Waals surface area (Å²) in [5, 5.41) is -3.50. The van der Waals surface area contributed by atoms with Gasteiger partial charge in [0.2, 0.25) is 0 Å². The molecule has 18 nitrogen and oxygen atoms in total. The molecule has 9 N–H and O–H groups in total.